The molecule has 1 saturated heterocycles. The number of hydrogen-bond acceptors (Lipinski definition) is 5. The van der Waals surface area contributed by atoms with Crippen molar-refractivity contribution in [2.45, 2.75) is 46.8 Å². The van der Waals surface area contributed by atoms with Crippen LogP contribution in [0.2, 0.25) is 5.02 Å². The van der Waals surface area contributed by atoms with Crippen LogP contribution in [0.1, 0.15) is 46.6 Å². The van der Waals surface area contributed by atoms with Gasteiger partial charge in [-0.2, -0.15) is 4.31 Å². The number of aryl methyl sites for hydroxylation is 2. The number of aromatic amines is 1. The summed E-state index contributed by atoms with van der Waals surface area (Å²) in [6, 6.07) is 5.46. The first-order chi connectivity index (χ1) is 15.0. The highest BCUT2D eigenvalue weighted by atomic mass is 35.5. The maximum absolute atomic E-state index is 13.3. The summed E-state index contributed by atoms with van der Waals surface area (Å²) in [5, 5.41) is 0.226. The largest absolute Gasteiger partial charge is 0.487 e. The first kappa shape index (κ1) is 25.3. The third kappa shape index (κ3) is 5.10. The number of H-pyrrole nitrogens is 1. The fourth-order valence-electron chi connectivity index (χ4n) is 4.34. The number of carbonyl (C=O) groups is 1. The van der Waals surface area contributed by atoms with Gasteiger partial charge in [0, 0.05) is 24.3 Å². The number of amides is 1. The predicted molar refractivity (Wildman–Crippen MR) is 129 cm³/mol. The highest BCUT2D eigenvalue weighted by Gasteiger charge is 2.33. The van der Waals surface area contributed by atoms with Crippen LogP contribution in [0.5, 0.6) is 5.75 Å². The lowest BCUT2D eigenvalue weighted by Gasteiger charge is -2.30. The average Bonchev–Trinajstić information content (AvgIpc) is 3.17. The van der Waals surface area contributed by atoms with E-state index < -0.39 is 10.0 Å². The number of hydrogen-bond donors (Lipinski definition) is 1. The van der Waals surface area contributed by atoms with Gasteiger partial charge in [-0.05, 0) is 49.9 Å². The summed E-state index contributed by atoms with van der Waals surface area (Å²) < 4.78 is 30.9. The van der Waals surface area contributed by atoms with Crippen LogP contribution in [0, 0.1) is 13.8 Å². The molecule has 1 N–H and O–H groups in total. The second-order valence-corrected chi connectivity index (χ2v) is 10.8. The maximum Gasteiger partial charge on any atom is 0.256 e. The van der Waals surface area contributed by atoms with Crippen molar-refractivity contribution >= 4 is 27.5 Å². The number of aromatic nitrogens is 1. The molecule has 1 aromatic heterocycles. The zero-order chi connectivity index (χ0) is 23.2. The summed E-state index contributed by atoms with van der Waals surface area (Å²) in [4.78, 5) is 30.1. The van der Waals surface area contributed by atoms with E-state index in [1.165, 1.54) is 10.6 Å². The molecule has 0 spiro atoms. The molecule has 180 valence electrons. The maximum atomic E-state index is 13.3. The second kappa shape index (κ2) is 9.48. The molecule has 1 atom stereocenters. The van der Waals surface area contributed by atoms with E-state index in [-0.39, 0.29) is 43.1 Å². The monoisotopic (exact) mass is 495 g/mol. The molecule has 4 rings (SSSR count). The Labute approximate surface area is 199 Å². The first-order valence-corrected chi connectivity index (χ1v) is 12.7. The van der Waals surface area contributed by atoms with E-state index in [1.807, 2.05) is 26.0 Å². The van der Waals surface area contributed by atoms with Crippen LogP contribution >= 0.6 is 11.6 Å². The quantitative estimate of drug-likeness (QED) is 0.687. The van der Waals surface area contributed by atoms with Gasteiger partial charge in [-0.1, -0.05) is 25.1 Å². The van der Waals surface area contributed by atoms with Crippen molar-refractivity contribution in [3.8, 4) is 5.75 Å². The lowest BCUT2D eigenvalue weighted by atomic mass is 9.97. The van der Waals surface area contributed by atoms with E-state index in [1.54, 1.807) is 11.0 Å². The molecule has 1 amide bonds. The normalized spacial score (nSPS) is 18.7. The van der Waals surface area contributed by atoms with Gasteiger partial charge in [0.1, 0.15) is 11.9 Å². The van der Waals surface area contributed by atoms with Crippen LogP contribution in [0.25, 0.3) is 0 Å². The van der Waals surface area contributed by atoms with Crippen molar-refractivity contribution in [2.75, 3.05) is 25.9 Å². The highest BCUT2D eigenvalue weighted by Crippen LogP contribution is 2.36. The Kier molecular flexibility index (Phi) is 7.26. The first-order valence-electron chi connectivity index (χ1n) is 10.5. The number of nitrogens with one attached hydrogen (secondary N) is 1. The van der Waals surface area contributed by atoms with Crippen LogP contribution in [-0.2, 0) is 23.0 Å². The Hall–Kier alpha value is -2.36. The van der Waals surface area contributed by atoms with E-state index in [9.17, 15) is 18.0 Å². The minimum Gasteiger partial charge on any atom is -0.487 e. The summed E-state index contributed by atoms with van der Waals surface area (Å²) in [6.07, 6.45) is 2.02. The van der Waals surface area contributed by atoms with Gasteiger partial charge in [-0.15, -0.1) is 0 Å². The predicted octanol–water partition coefficient (Wildman–Crippen LogP) is 2.89. The highest BCUT2D eigenvalue weighted by molar-refractivity contribution is 7.88. The molecule has 2 aliphatic heterocycles. The molecule has 33 heavy (non-hydrogen) atoms. The number of nitrogens with zero attached hydrogens (tertiary/aromatic N) is 2. The van der Waals surface area contributed by atoms with E-state index in [0.29, 0.717) is 42.8 Å². The van der Waals surface area contributed by atoms with Crippen molar-refractivity contribution in [3.63, 3.8) is 0 Å². The number of halogens is 1. The van der Waals surface area contributed by atoms with Crippen molar-refractivity contribution < 1.29 is 17.9 Å². The molecule has 2 aliphatic rings. The van der Waals surface area contributed by atoms with Crippen molar-refractivity contribution in [1.82, 2.24) is 14.2 Å². The molecule has 1 fully saturated rings. The number of ether oxygens (including phenoxy) is 1. The Morgan fingerprint density at radius 1 is 1.21 bits per heavy atom. The molecule has 0 bridgehead atoms. The number of benzene rings is 1. The number of carbonyl (C=O) groups excluding carboxylic acids is 1. The topological polar surface area (TPSA) is 99.8 Å². The molecule has 0 saturated carbocycles. The van der Waals surface area contributed by atoms with Gasteiger partial charge in [-0.3, -0.25) is 9.59 Å². The second-order valence-electron chi connectivity index (χ2n) is 8.48. The lowest BCUT2D eigenvalue weighted by molar-refractivity contribution is 0.0725. The molecule has 10 heteroatoms. The van der Waals surface area contributed by atoms with Crippen molar-refractivity contribution in [2.24, 2.45) is 0 Å². The summed E-state index contributed by atoms with van der Waals surface area (Å²) in [6.45, 7) is 5.01. The fourth-order valence-corrected chi connectivity index (χ4v) is 5.52. The van der Waals surface area contributed by atoms with Crippen LogP contribution in [-0.4, -0.2) is 60.5 Å². The minimum absolute atomic E-state index is 0. The smallest absolute Gasteiger partial charge is 0.256 e. The molecule has 2 aromatic rings. The number of fused-ring (bicyclic) bond motifs is 1. The molecule has 8 nitrogen and oxygen atoms in total. The summed E-state index contributed by atoms with van der Waals surface area (Å²) in [7, 11) is -3.28. The summed E-state index contributed by atoms with van der Waals surface area (Å²) in [5.41, 5.74) is 3.20. The van der Waals surface area contributed by atoms with Gasteiger partial charge >= 0.3 is 0 Å². The molecular formula is C23H30ClN3O5S. The number of pyridine rings is 1. The van der Waals surface area contributed by atoms with Crippen LogP contribution in [0.15, 0.2) is 23.0 Å². The van der Waals surface area contributed by atoms with E-state index in [0.717, 1.165) is 16.8 Å². The van der Waals surface area contributed by atoms with E-state index in [4.69, 9.17) is 16.3 Å². The van der Waals surface area contributed by atoms with Gasteiger partial charge < -0.3 is 14.6 Å². The van der Waals surface area contributed by atoms with Gasteiger partial charge in [0.05, 0.1) is 29.9 Å². The van der Waals surface area contributed by atoms with Gasteiger partial charge in [-0.25, -0.2) is 8.42 Å². The Balaban J connectivity index is 0.00000306. The van der Waals surface area contributed by atoms with Crippen molar-refractivity contribution in [3.05, 3.63) is 61.5 Å². The third-order valence-electron chi connectivity index (χ3n) is 6.06. The van der Waals surface area contributed by atoms with Crippen LogP contribution in [0.4, 0.5) is 0 Å². The molecule has 0 unspecified atom stereocenters. The molecule has 3 heterocycles. The van der Waals surface area contributed by atoms with Crippen LogP contribution < -0.4 is 10.3 Å². The standard InChI is InChI=1S/C22H26ClN3O5S.CH4/c1-13-10-14(2)24-21(27)17(13)12-25-8-6-15-4-5-18(20(23)19(15)22(25)28)31-16-7-9-26(11-16)32(3,29)30;/h4-5,10,16H,6-9,11-12H2,1-3H3,(H,24,27);1H4/t16-;/m1./s1. The Bertz CT molecular complexity index is 1240. The van der Waals surface area contributed by atoms with Gasteiger partial charge in [0.15, 0.2) is 0 Å². The zero-order valence-electron chi connectivity index (χ0n) is 18.3. The Morgan fingerprint density at radius 3 is 2.58 bits per heavy atom. The summed E-state index contributed by atoms with van der Waals surface area (Å²) in [5.74, 6) is 0.121. The third-order valence-corrected chi connectivity index (χ3v) is 7.70. The molecular weight excluding hydrogens is 466 g/mol. The average molecular weight is 496 g/mol. The fraction of sp³-hybridized carbons (Fsp3) is 0.478. The minimum atomic E-state index is -3.28. The van der Waals surface area contributed by atoms with E-state index in [2.05, 4.69) is 4.98 Å². The van der Waals surface area contributed by atoms with Crippen molar-refractivity contribution in [1.29, 1.82) is 0 Å². The summed E-state index contributed by atoms with van der Waals surface area (Å²) >= 11 is 6.61. The Morgan fingerprint density at radius 2 is 1.94 bits per heavy atom. The van der Waals surface area contributed by atoms with Crippen LogP contribution in [0.3, 0.4) is 0 Å². The number of sulfonamides is 1. The van der Waals surface area contributed by atoms with Gasteiger partial charge in [0.25, 0.3) is 11.5 Å². The zero-order valence-corrected chi connectivity index (χ0v) is 19.8. The molecule has 0 radical (unpaired) electrons. The van der Waals surface area contributed by atoms with E-state index >= 15 is 0 Å². The van der Waals surface area contributed by atoms with Gasteiger partial charge in [0.2, 0.25) is 10.0 Å². The number of rotatable bonds is 5. The molecule has 0 aliphatic carbocycles. The molecule has 1 aromatic carbocycles. The lowest BCUT2D eigenvalue weighted by Crippen LogP contribution is -2.39. The SMILES string of the molecule is C.Cc1cc(C)c(CN2CCc3ccc(O[C@@H]4CCN(S(C)(=O)=O)C4)c(Cl)c3C2=O)c(=O)[nH]1.